The molecule has 0 saturated heterocycles. The van der Waals surface area contributed by atoms with Crippen LogP contribution in [-0.2, 0) is 7.05 Å². The molecular formula is C16H15N5O3S. The van der Waals surface area contributed by atoms with Crippen LogP contribution in [0.1, 0.15) is 18.9 Å². The molecule has 0 fully saturated rings. The van der Waals surface area contributed by atoms with Crippen molar-refractivity contribution < 1.29 is 10.0 Å². The first-order valence-corrected chi connectivity index (χ1v) is 8.34. The molecule has 8 nitrogen and oxygen atoms in total. The van der Waals surface area contributed by atoms with Crippen LogP contribution < -0.4 is 0 Å². The molecule has 0 radical (unpaired) electrons. The maximum atomic E-state index is 11.5. The molecule has 3 rings (SSSR count). The minimum Gasteiger partial charge on any atom is -0.508 e. The Kier molecular flexibility index (Phi) is 4.66. The van der Waals surface area contributed by atoms with Crippen molar-refractivity contribution in [3.8, 4) is 0 Å². The van der Waals surface area contributed by atoms with Gasteiger partial charge in [0, 0.05) is 29.0 Å². The van der Waals surface area contributed by atoms with Crippen LogP contribution in [0.3, 0.4) is 0 Å². The number of hydrogen-bond donors (Lipinski definition) is 1. The summed E-state index contributed by atoms with van der Waals surface area (Å²) in [7, 11) is 1.71. The quantitative estimate of drug-likeness (QED) is 0.421. The Labute approximate surface area is 147 Å². The van der Waals surface area contributed by atoms with Gasteiger partial charge in [-0.3, -0.25) is 10.1 Å². The fraction of sp³-hybridized carbons (Fsp3) is 0.188. The number of rotatable bonds is 5. The summed E-state index contributed by atoms with van der Waals surface area (Å²) in [5.41, 5.74) is 0.336. The summed E-state index contributed by atoms with van der Waals surface area (Å²) < 4.78 is 1.51. The Bertz CT molecular complexity index is 983. The zero-order valence-corrected chi connectivity index (χ0v) is 14.4. The molecule has 0 amide bonds. The van der Waals surface area contributed by atoms with Crippen LogP contribution in [0.2, 0.25) is 0 Å². The van der Waals surface area contributed by atoms with E-state index < -0.39 is 4.92 Å². The van der Waals surface area contributed by atoms with E-state index in [1.165, 1.54) is 22.5 Å². The maximum absolute atomic E-state index is 11.5. The van der Waals surface area contributed by atoms with E-state index in [1.54, 1.807) is 37.4 Å². The number of aliphatic hydroxyl groups excluding tert-OH is 1. The summed E-state index contributed by atoms with van der Waals surface area (Å²) in [6.45, 7) is 1.88. The van der Waals surface area contributed by atoms with Crippen LogP contribution >= 0.6 is 11.8 Å². The fourth-order valence-corrected chi connectivity index (χ4v) is 3.47. The molecule has 0 aliphatic rings. The van der Waals surface area contributed by atoms with Gasteiger partial charge in [-0.25, -0.2) is 4.68 Å². The number of aliphatic hydroxyl groups is 1. The second-order valence-corrected chi connectivity index (χ2v) is 6.24. The van der Waals surface area contributed by atoms with Crippen LogP contribution in [-0.4, -0.2) is 30.2 Å². The first-order chi connectivity index (χ1) is 12.0. The van der Waals surface area contributed by atoms with E-state index in [2.05, 4.69) is 15.5 Å². The summed E-state index contributed by atoms with van der Waals surface area (Å²) in [5, 5.41) is 35.0. The lowest BCUT2D eigenvalue weighted by molar-refractivity contribution is -0.383. The van der Waals surface area contributed by atoms with Gasteiger partial charge in [-0.2, -0.15) is 0 Å². The van der Waals surface area contributed by atoms with Gasteiger partial charge in [-0.05, 0) is 40.8 Å². The molecular weight excluding hydrogens is 342 g/mol. The molecule has 9 heteroatoms. The monoisotopic (exact) mass is 357 g/mol. The standard InChI is InChI=1S/C16H15N5O3S/c1-3-6-14(22)12-9-13(21(23)24)10-7-4-5-8-11(10)15(12)25-16-17-18-19-20(16)2/h4-9,22H,3H2,1-2H3/b14-6+. The van der Waals surface area contributed by atoms with Crippen molar-refractivity contribution in [3.63, 3.8) is 0 Å². The van der Waals surface area contributed by atoms with Gasteiger partial charge in [0.2, 0.25) is 5.16 Å². The Balaban J connectivity index is 2.33. The van der Waals surface area contributed by atoms with Gasteiger partial charge < -0.3 is 5.11 Å². The Morgan fingerprint density at radius 3 is 2.72 bits per heavy atom. The second kappa shape index (κ2) is 6.89. The van der Waals surface area contributed by atoms with Crippen LogP contribution in [0.5, 0.6) is 0 Å². The number of benzene rings is 2. The molecule has 0 aliphatic heterocycles. The summed E-state index contributed by atoms with van der Waals surface area (Å²) >= 11 is 1.26. The number of aromatic nitrogens is 4. The summed E-state index contributed by atoms with van der Waals surface area (Å²) in [6, 6.07) is 8.43. The third kappa shape index (κ3) is 3.18. The number of nitro benzene ring substituents is 1. The van der Waals surface area contributed by atoms with Crippen LogP contribution in [0.4, 0.5) is 5.69 Å². The van der Waals surface area contributed by atoms with E-state index in [0.29, 0.717) is 32.8 Å². The second-order valence-electron chi connectivity index (χ2n) is 5.26. The highest BCUT2D eigenvalue weighted by molar-refractivity contribution is 7.99. The third-order valence-electron chi connectivity index (χ3n) is 3.62. The molecule has 0 saturated carbocycles. The smallest absolute Gasteiger partial charge is 0.278 e. The fourth-order valence-electron chi connectivity index (χ4n) is 2.48. The SMILES string of the molecule is CC/C=C(/O)c1cc([N+](=O)[O-])c2ccccc2c1Sc1nnnn1C. The third-order valence-corrected chi connectivity index (χ3v) is 4.79. The Morgan fingerprint density at radius 2 is 2.12 bits per heavy atom. The molecule has 0 unspecified atom stereocenters. The lowest BCUT2D eigenvalue weighted by Gasteiger charge is -2.12. The van der Waals surface area contributed by atoms with Gasteiger partial charge in [-0.1, -0.05) is 25.1 Å². The van der Waals surface area contributed by atoms with E-state index in [4.69, 9.17) is 0 Å². The topological polar surface area (TPSA) is 107 Å². The van der Waals surface area contributed by atoms with E-state index in [-0.39, 0.29) is 11.4 Å². The first-order valence-electron chi connectivity index (χ1n) is 7.52. The van der Waals surface area contributed by atoms with E-state index >= 15 is 0 Å². The zero-order chi connectivity index (χ0) is 18.0. The number of tetrazole rings is 1. The van der Waals surface area contributed by atoms with Crippen molar-refractivity contribution in [2.45, 2.75) is 23.4 Å². The van der Waals surface area contributed by atoms with Crippen molar-refractivity contribution in [1.29, 1.82) is 0 Å². The Morgan fingerprint density at radius 1 is 1.40 bits per heavy atom. The van der Waals surface area contributed by atoms with Gasteiger partial charge in [0.25, 0.3) is 5.69 Å². The van der Waals surface area contributed by atoms with Crippen molar-refractivity contribution >= 4 is 34.0 Å². The molecule has 0 spiro atoms. The minimum atomic E-state index is -0.441. The van der Waals surface area contributed by atoms with Crippen LogP contribution in [0.25, 0.3) is 16.5 Å². The largest absolute Gasteiger partial charge is 0.508 e. The Hall–Kier alpha value is -2.94. The molecule has 1 heterocycles. The van der Waals surface area contributed by atoms with Crippen LogP contribution in [0.15, 0.2) is 46.5 Å². The summed E-state index contributed by atoms with van der Waals surface area (Å²) in [4.78, 5) is 11.7. The highest BCUT2D eigenvalue weighted by Gasteiger charge is 2.22. The molecule has 0 aliphatic carbocycles. The zero-order valence-electron chi connectivity index (χ0n) is 13.6. The minimum absolute atomic E-state index is 0.00557. The highest BCUT2D eigenvalue weighted by atomic mass is 32.2. The number of nitro groups is 1. The molecule has 1 aromatic heterocycles. The maximum Gasteiger partial charge on any atom is 0.278 e. The number of hydrogen-bond acceptors (Lipinski definition) is 7. The molecule has 2 aromatic carbocycles. The molecule has 0 bridgehead atoms. The summed E-state index contributed by atoms with van der Waals surface area (Å²) in [6.07, 6.45) is 2.22. The number of non-ortho nitro benzene ring substituents is 1. The van der Waals surface area contributed by atoms with Gasteiger partial charge >= 0.3 is 0 Å². The number of aryl methyl sites for hydroxylation is 1. The summed E-state index contributed by atoms with van der Waals surface area (Å²) in [5.74, 6) is -0.00557. The van der Waals surface area contributed by atoms with Crippen LogP contribution in [0, 0.1) is 10.1 Å². The lowest BCUT2D eigenvalue weighted by atomic mass is 10.0. The molecule has 1 N–H and O–H groups in total. The normalized spacial score (nSPS) is 11.8. The molecule has 128 valence electrons. The lowest BCUT2D eigenvalue weighted by Crippen LogP contribution is -1.98. The average Bonchev–Trinajstić information content (AvgIpc) is 3.00. The predicted molar refractivity (Wildman–Crippen MR) is 94.4 cm³/mol. The number of fused-ring (bicyclic) bond motifs is 1. The number of nitrogens with zero attached hydrogens (tertiary/aromatic N) is 5. The van der Waals surface area contributed by atoms with Gasteiger partial charge in [-0.15, -0.1) is 5.10 Å². The van der Waals surface area contributed by atoms with Crippen molar-refractivity contribution in [1.82, 2.24) is 20.2 Å². The van der Waals surface area contributed by atoms with E-state index in [0.717, 1.165) is 0 Å². The highest BCUT2D eigenvalue weighted by Crippen LogP contribution is 2.41. The molecule has 3 aromatic rings. The predicted octanol–water partition coefficient (Wildman–Crippen LogP) is 3.73. The first kappa shape index (κ1) is 16.9. The van der Waals surface area contributed by atoms with Gasteiger partial charge in [0.1, 0.15) is 5.76 Å². The van der Waals surface area contributed by atoms with Crippen molar-refractivity contribution in [2.24, 2.45) is 7.05 Å². The molecule has 0 atom stereocenters. The average molecular weight is 357 g/mol. The van der Waals surface area contributed by atoms with Gasteiger partial charge in [0.05, 0.1) is 10.3 Å². The molecule has 25 heavy (non-hydrogen) atoms. The van der Waals surface area contributed by atoms with E-state index in [1.807, 2.05) is 6.92 Å². The van der Waals surface area contributed by atoms with Crippen molar-refractivity contribution in [2.75, 3.05) is 0 Å². The van der Waals surface area contributed by atoms with E-state index in [9.17, 15) is 15.2 Å². The number of allylic oxidation sites excluding steroid dienone is 1. The van der Waals surface area contributed by atoms with Crippen molar-refractivity contribution in [3.05, 3.63) is 52.1 Å². The van der Waals surface area contributed by atoms with Gasteiger partial charge in [0.15, 0.2) is 0 Å².